The van der Waals surface area contributed by atoms with Crippen molar-refractivity contribution in [3.63, 3.8) is 0 Å². The van der Waals surface area contributed by atoms with E-state index in [9.17, 15) is 10.1 Å². The van der Waals surface area contributed by atoms with Crippen molar-refractivity contribution >= 4 is 11.4 Å². The molecular formula is C14H21N3O3. The molecule has 0 radical (unpaired) electrons. The number of nitrogens with one attached hydrogen (secondary N) is 1. The molecule has 0 spiro atoms. The molecule has 0 aliphatic heterocycles. The fourth-order valence-corrected chi connectivity index (χ4v) is 2.58. The molecule has 2 atom stereocenters. The van der Waals surface area contributed by atoms with Crippen LogP contribution in [-0.2, 0) is 0 Å². The molecule has 1 aliphatic carbocycles. The Balaban J connectivity index is 2.15. The maximum absolute atomic E-state index is 10.9. The molecule has 0 amide bonds. The van der Waals surface area contributed by atoms with Crippen LogP contribution in [0.1, 0.15) is 32.6 Å². The second-order valence-corrected chi connectivity index (χ2v) is 5.07. The molecule has 0 bridgehead atoms. The first kappa shape index (κ1) is 14.6. The minimum atomic E-state index is -0.429. The van der Waals surface area contributed by atoms with Crippen LogP contribution in [0, 0.1) is 10.1 Å². The molecule has 20 heavy (non-hydrogen) atoms. The first-order valence-electron chi connectivity index (χ1n) is 7.05. The SMILES string of the molecule is CCOc1cc(NC2CCCCC2N)ccc1[N+](=O)[O-]. The van der Waals surface area contributed by atoms with Crippen molar-refractivity contribution < 1.29 is 9.66 Å². The summed E-state index contributed by atoms with van der Waals surface area (Å²) >= 11 is 0. The lowest BCUT2D eigenvalue weighted by Crippen LogP contribution is -2.42. The molecule has 2 rings (SSSR count). The summed E-state index contributed by atoms with van der Waals surface area (Å²) in [6, 6.07) is 5.22. The average molecular weight is 279 g/mol. The largest absolute Gasteiger partial charge is 0.487 e. The fraction of sp³-hybridized carbons (Fsp3) is 0.571. The Morgan fingerprint density at radius 3 is 2.85 bits per heavy atom. The van der Waals surface area contributed by atoms with Gasteiger partial charge in [0.1, 0.15) is 0 Å². The smallest absolute Gasteiger partial charge is 0.311 e. The van der Waals surface area contributed by atoms with E-state index in [-0.39, 0.29) is 17.8 Å². The van der Waals surface area contributed by atoms with Crippen molar-refractivity contribution in [1.29, 1.82) is 0 Å². The lowest BCUT2D eigenvalue weighted by molar-refractivity contribution is -0.385. The Labute approximate surface area is 118 Å². The Kier molecular flexibility index (Phi) is 4.79. The third-order valence-electron chi connectivity index (χ3n) is 3.63. The molecule has 3 N–H and O–H groups in total. The molecule has 6 heteroatoms. The average Bonchev–Trinajstić information content (AvgIpc) is 2.42. The highest BCUT2D eigenvalue weighted by Gasteiger charge is 2.22. The van der Waals surface area contributed by atoms with Crippen molar-refractivity contribution in [2.24, 2.45) is 5.73 Å². The molecule has 6 nitrogen and oxygen atoms in total. The van der Waals surface area contributed by atoms with Gasteiger partial charge < -0.3 is 15.8 Å². The molecule has 1 aromatic rings. The number of rotatable bonds is 5. The maximum atomic E-state index is 10.9. The van der Waals surface area contributed by atoms with E-state index >= 15 is 0 Å². The van der Waals surface area contributed by atoms with Crippen LogP contribution in [0.25, 0.3) is 0 Å². The minimum Gasteiger partial charge on any atom is -0.487 e. The van der Waals surface area contributed by atoms with Crippen molar-refractivity contribution in [2.75, 3.05) is 11.9 Å². The third-order valence-corrected chi connectivity index (χ3v) is 3.63. The first-order chi connectivity index (χ1) is 9.61. The van der Waals surface area contributed by atoms with E-state index in [4.69, 9.17) is 10.5 Å². The van der Waals surface area contributed by atoms with Gasteiger partial charge in [-0.2, -0.15) is 0 Å². The van der Waals surface area contributed by atoms with E-state index in [1.807, 2.05) is 0 Å². The van der Waals surface area contributed by atoms with Gasteiger partial charge in [0.05, 0.1) is 11.5 Å². The van der Waals surface area contributed by atoms with E-state index in [0.29, 0.717) is 12.4 Å². The molecule has 0 aromatic heterocycles. The van der Waals surface area contributed by atoms with Gasteiger partial charge in [-0.15, -0.1) is 0 Å². The van der Waals surface area contributed by atoms with E-state index in [1.54, 1.807) is 19.1 Å². The van der Waals surface area contributed by atoms with E-state index in [2.05, 4.69) is 5.32 Å². The monoisotopic (exact) mass is 279 g/mol. The van der Waals surface area contributed by atoms with Crippen LogP contribution < -0.4 is 15.8 Å². The highest BCUT2D eigenvalue weighted by molar-refractivity contribution is 5.58. The molecule has 1 saturated carbocycles. The maximum Gasteiger partial charge on any atom is 0.311 e. The number of nitrogens with two attached hydrogens (primary N) is 1. The van der Waals surface area contributed by atoms with Crippen LogP contribution in [0.2, 0.25) is 0 Å². The lowest BCUT2D eigenvalue weighted by Gasteiger charge is -2.30. The summed E-state index contributed by atoms with van der Waals surface area (Å²) in [4.78, 5) is 10.5. The number of hydrogen-bond acceptors (Lipinski definition) is 5. The quantitative estimate of drug-likeness (QED) is 0.638. The van der Waals surface area contributed by atoms with Gasteiger partial charge in [-0.05, 0) is 25.8 Å². The standard InChI is InChI=1S/C14H21N3O3/c1-2-20-14-9-10(7-8-13(14)17(18)19)16-12-6-4-3-5-11(12)15/h7-9,11-12,16H,2-6,15H2,1H3. The summed E-state index contributed by atoms with van der Waals surface area (Å²) in [6.45, 7) is 2.20. The first-order valence-corrected chi connectivity index (χ1v) is 7.05. The number of hydrogen-bond donors (Lipinski definition) is 2. The summed E-state index contributed by atoms with van der Waals surface area (Å²) in [5, 5.41) is 14.3. The van der Waals surface area contributed by atoms with Crippen molar-refractivity contribution in [3.05, 3.63) is 28.3 Å². The summed E-state index contributed by atoms with van der Waals surface area (Å²) < 4.78 is 5.34. The number of anilines is 1. The van der Waals surface area contributed by atoms with Gasteiger partial charge in [0.25, 0.3) is 0 Å². The number of benzene rings is 1. The van der Waals surface area contributed by atoms with Gasteiger partial charge in [0.2, 0.25) is 0 Å². The summed E-state index contributed by atoms with van der Waals surface area (Å²) in [5.74, 6) is 0.298. The van der Waals surface area contributed by atoms with Gasteiger partial charge in [-0.25, -0.2) is 0 Å². The molecule has 0 saturated heterocycles. The molecule has 1 aliphatic rings. The van der Waals surface area contributed by atoms with Gasteiger partial charge in [0.15, 0.2) is 5.75 Å². The van der Waals surface area contributed by atoms with Gasteiger partial charge >= 0.3 is 5.69 Å². The van der Waals surface area contributed by atoms with Gasteiger partial charge in [-0.1, -0.05) is 12.8 Å². The minimum absolute atomic E-state index is 0.00894. The van der Waals surface area contributed by atoms with Gasteiger partial charge in [0, 0.05) is 29.9 Å². The highest BCUT2D eigenvalue weighted by atomic mass is 16.6. The topological polar surface area (TPSA) is 90.4 Å². The predicted octanol–water partition coefficient (Wildman–Crippen LogP) is 2.68. The molecular weight excluding hydrogens is 258 g/mol. The zero-order valence-corrected chi connectivity index (χ0v) is 11.7. The predicted molar refractivity (Wildman–Crippen MR) is 78.1 cm³/mol. The molecule has 2 unspecified atom stereocenters. The zero-order chi connectivity index (χ0) is 14.5. The Morgan fingerprint density at radius 2 is 2.20 bits per heavy atom. The van der Waals surface area contributed by atoms with Crippen LogP contribution in [0.5, 0.6) is 5.75 Å². The Bertz CT molecular complexity index is 479. The van der Waals surface area contributed by atoms with E-state index in [1.165, 1.54) is 12.5 Å². The number of nitrogens with zero attached hydrogens (tertiary/aromatic N) is 1. The molecule has 1 fully saturated rings. The summed E-state index contributed by atoms with van der Waals surface area (Å²) in [6.07, 6.45) is 4.38. The second kappa shape index (κ2) is 6.56. The van der Waals surface area contributed by atoms with Crippen molar-refractivity contribution in [2.45, 2.75) is 44.7 Å². The highest BCUT2D eigenvalue weighted by Crippen LogP contribution is 2.31. The second-order valence-electron chi connectivity index (χ2n) is 5.07. The van der Waals surface area contributed by atoms with Crippen molar-refractivity contribution in [1.82, 2.24) is 0 Å². The molecule has 0 heterocycles. The molecule has 110 valence electrons. The third kappa shape index (κ3) is 3.39. The number of nitro benzene ring substituents is 1. The van der Waals surface area contributed by atoms with Gasteiger partial charge in [-0.3, -0.25) is 10.1 Å². The summed E-state index contributed by atoms with van der Waals surface area (Å²) in [7, 11) is 0. The van der Waals surface area contributed by atoms with Crippen LogP contribution >= 0.6 is 0 Å². The Hall–Kier alpha value is -1.82. The van der Waals surface area contributed by atoms with Crippen molar-refractivity contribution in [3.8, 4) is 5.75 Å². The molecule has 1 aromatic carbocycles. The lowest BCUT2D eigenvalue weighted by atomic mass is 9.91. The zero-order valence-electron chi connectivity index (χ0n) is 11.7. The summed E-state index contributed by atoms with van der Waals surface area (Å²) in [5.41, 5.74) is 6.91. The number of nitro groups is 1. The van der Waals surface area contributed by atoms with Crippen LogP contribution in [0.3, 0.4) is 0 Å². The van der Waals surface area contributed by atoms with E-state index < -0.39 is 4.92 Å². The fourth-order valence-electron chi connectivity index (χ4n) is 2.58. The Morgan fingerprint density at radius 1 is 1.45 bits per heavy atom. The van der Waals surface area contributed by atoms with Crippen LogP contribution in [0.4, 0.5) is 11.4 Å². The van der Waals surface area contributed by atoms with E-state index in [0.717, 1.165) is 24.9 Å². The van der Waals surface area contributed by atoms with Crippen LogP contribution in [0.15, 0.2) is 18.2 Å². The normalized spacial score (nSPS) is 22.3. The van der Waals surface area contributed by atoms with Crippen LogP contribution in [-0.4, -0.2) is 23.6 Å². The number of ether oxygens (including phenoxy) is 1.